The van der Waals surface area contributed by atoms with Crippen molar-refractivity contribution in [3.05, 3.63) is 29.6 Å². The van der Waals surface area contributed by atoms with Crippen LogP contribution in [0.2, 0.25) is 0 Å². The molecular weight excluding hydrogens is 295 g/mol. The van der Waals surface area contributed by atoms with Gasteiger partial charge in [-0.25, -0.2) is 17.5 Å². The molecule has 0 spiro atoms. The summed E-state index contributed by atoms with van der Waals surface area (Å²) in [5.74, 6) is -0.748. The molecule has 0 bridgehead atoms. The first-order chi connectivity index (χ1) is 9.90. The number of benzene rings is 1. The van der Waals surface area contributed by atoms with E-state index >= 15 is 0 Å². The van der Waals surface area contributed by atoms with Crippen LogP contribution in [0.5, 0.6) is 0 Å². The number of halogens is 1. The number of hydrogen-bond acceptors (Lipinski definition) is 4. The van der Waals surface area contributed by atoms with Crippen molar-refractivity contribution in [3.8, 4) is 0 Å². The molecule has 0 radical (unpaired) electrons. The minimum atomic E-state index is -3.88. The minimum Gasteiger partial charge on any atom is -0.385 e. The van der Waals surface area contributed by atoms with E-state index in [9.17, 15) is 12.8 Å². The zero-order valence-electron chi connectivity index (χ0n) is 12.6. The van der Waals surface area contributed by atoms with Crippen molar-refractivity contribution in [1.82, 2.24) is 10.0 Å². The maximum absolute atomic E-state index is 13.8. The Hall–Kier alpha value is -1.02. The Kier molecular flexibility index (Phi) is 7.24. The van der Waals surface area contributed by atoms with Crippen molar-refractivity contribution in [1.29, 1.82) is 0 Å². The van der Waals surface area contributed by atoms with Crippen LogP contribution in [0.15, 0.2) is 23.1 Å². The van der Waals surface area contributed by atoms with E-state index in [1.54, 1.807) is 20.1 Å². The largest absolute Gasteiger partial charge is 0.385 e. The molecule has 0 aromatic heterocycles. The van der Waals surface area contributed by atoms with Crippen molar-refractivity contribution < 1.29 is 17.5 Å². The second kappa shape index (κ2) is 8.43. The summed E-state index contributed by atoms with van der Waals surface area (Å²) >= 11 is 0. The summed E-state index contributed by atoms with van der Waals surface area (Å²) in [4.78, 5) is -0.317. The van der Waals surface area contributed by atoms with Crippen LogP contribution in [-0.4, -0.2) is 34.7 Å². The van der Waals surface area contributed by atoms with Gasteiger partial charge in [0.05, 0.1) is 0 Å². The lowest BCUT2D eigenvalue weighted by molar-refractivity contribution is 0.188. The average molecular weight is 318 g/mol. The number of nitrogens with one attached hydrogen (secondary N) is 2. The first-order valence-corrected chi connectivity index (χ1v) is 8.39. The summed E-state index contributed by atoms with van der Waals surface area (Å²) in [5, 5.41) is 3.08. The van der Waals surface area contributed by atoms with Gasteiger partial charge < -0.3 is 10.1 Å². The van der Waals surface area contributed by atoms with E-state index in [1.165, 1.54) is 12.1 Å². The van der Waals surface area contributed by atoms with Crippen LogP contribution in [0.25, 0.3) is 0 Å². The summed E-state index contributed by atoms with van der Waals surface area (Å²) in [6.45, 7) is 5.36. The molecule has 2 N–H and O–H groups in total. The van der Waals surface area contributed by atoms with Crippen molar-refractivity contribution >= 4 is 10.0 Å². The molecule has 0 saturated heterocycles. The van der Waals surface area contributed by atoms with E-state index in [1.807, 2.05) is 6.92 Å². The molecule has 0 aliphatic rings. The average Bonchev–Trinajstić information content (AvgIpc) is 2.43. The first-order valence-electron chi connectivity index (χ1n) is 6.91. The summed E-state index contributed by atoms with van der Waals surface area (Å²) < 4.78 is 45.7. The molecule has 0 amide bonds. The van der Waals surface area contributed by atoms with Gasteiger partial charge in [0.2, 0.25) is 10.0 Å². The molecule has 5 nitrogen and oxygen atoms in total. The highest BCUT2D eigenvalue weighted by molar-refractivity contribution is 7.89. The minimum absolute atomic E-state index is 0.317. The summed E-state index contributed by atoms with van der Waals surface area (Å²) in [5.41, 5.74) is 0.725. The van der Waals surface area contributed by atoms with Crippen LogP contribution >= 0.6 is 0 Å². The number of hydrogen-bond donors (Lipinski definition) is 2. The predicted octanol–water partition coefficient (Wildman–Crippen LogP) is 1.64. The standard InChI is InChI=1S/C14H23FN2O3S/c1-4-16-10-12-5-6-13(15)14(9-12)21(18,19)17-11(2)7-8-20-3/h5-6,9,11,16-17H,4,7-8,10H2,1-3H3. The van der Waals surface area contributed by atoms with Crippen LogP contribution in [0.4, 0.5) is 4.39 Å². The molecule has 0 saturated carbocycles. The fourth-order valence-corrected chi connectivity index (χ4v) is 3.22. The van der Waals surface area contributed by atoms with Crippen molar-refractivity contribution in [2.75, 3.05) is 20.3 Å². The lowest BCUT2D eigenvalue weighted by Gasteiger charge is -2.15. The van der Waals surface area contributed by atoms with Crippen LogP contribution in [-0.2, 0) is 21.3 Å². The van der Waals surface area contributed by atoms with Gasteiger partial charge in [-0.05, 0) is 37.6 Å². The summed E-state index contributed by atoms with van der Waals surface area (Å²) in [6.07, 6.45) is 0.522. The zero-order chi connectivity index (χ0) is 15.9. The van der Waals surface area contributed by atoms with Gasteiger partial charge in [-0.15, -0.1) is 0 Å². The van der Waals surface area contributed by atoms with Crippen molar-refractivity contribution in [3.63, 3.8) is 0 Å². The van der Waals surface area contributed by atoms with E-state index in [0.29, 0.717) is 19.6 Å². The Morgan fingerprint density at radius 1 is 1.38 bits per heavy atom. The monoisotopic (exact) mass is 318 g/mol. The fraction of sp³-hybridized carbons (Fsp3) is 0.571. The van der Waals surface area contributed by atoms with E-state index in [2.05, 4.69) is 10.0 Å². The molecule has 0 aliphatic carbocycles. The van der Waals surface area contributed by atoms with Crippen molar-refractivity contribution in [2.24, 2.45) is 0 Å². The molecule has 120 valence electrons. The second-order valence-corrected chi connectivity index (χ2v) is 6.53. The Morgan fingerprint density at radius 2 is 2.10 bits per heavy atom. The molecule has 1 rings (SSSR count). The Labute approximate surface area is 125 Å². The smallest absolute Gasteiger partial charge is 0.243 e. The van der Waals surface area contributed by atoms with Gasteiger partial charge in [-0.1, -0.05) is 13.0 Å². The number of rotatable bonds is 9. The molecule has 1 atom stereocenters. The van der Waals surface area contributed by atoms with Crippen LogP contribution in [0.1, 0.15) is 25.8 Å². The number of sulfonamides is 1. The van der Waals surface area contributed by atoms with Gasteiger partial charge in [0.25, 0.3) is 0 Å². The third-order valence-electron chi connectivity index (χ3n) is 2.98. The summed E-state index contributed by atoms with van der Waals surface area (Å²) in [6, 6.07) is 3.79. The lowest BCUT2D eigenvalue weighted by atomic mass is 10.2. The van der Waals surface area contributed by atoms with Gasteiger partial charge in [-0.3, -0.25) is 0 Å². The number of ether oxygens (including phenoxy) is 1. The van der Waals surface area contributed by atoms with Gasteiger partial charge in [-0.2, -0.15) is 0 Å². The molecule has 1 aromatic carbocycles. The van der Waals surface area contributed by atoms with E-state index in [-0.39, 0.29) is 10.9 Å². The van der Waals surface area contributed by atoms with Gasteiger partial charge in [0.15, 0.2) is 0 Å². The van der Waals surface area contributed by atoms with Crippen LogP contribution in [0, 0.1) is 5.82 Å². The maximum atomic E-state index is 13.8. The fourth-order valence-electron chi connectivity index (χ4n) is 1.81. The zero-order valence-corrected chi connectivity index (χ0v) is 13.5. The van der Waals surface area contributed by atoms with E-state index in [4.69, 9.17) is 4.74 Å². The molecule has 0 aliphatic heterocycles. The highest BCUT2D eigenvalue weighted by Gasteiger charge is 2.21. The highest BCUT2D eigenvalue weighted by atomic mass is 32.2. The third-order valence-corrected chi connectivity index (χ3v) is 4.58. The predicted molar refractivity (Wildman–Crippen MR) is 80.1 cm³/mol. The molecule has 21 heavy (non-hydrogen) atoms. The van der Waals surface area contributed by atoms with Gasteiger partial charge in [0, 0.05) is 26.3 Å². The molecule has 0 fully saturated rings. The van der Waals surface area contributed by atoms with Crippen molar-refractivity contribution in [2.45, 2.75) is 37.8 Å². The number of methoxy groups -OCH3 is 1. The summed E-state index contributed by atoms with van der Waals surface area (Å²) in [7, 11) is -2.33. The SMILES string of the molecule is CCNCc1ccc(F)c(S(=O)(=O)NC(C)CCOC)c1. The normalized spacial score (nSPS) is 13.3. The Morgan fingerprint density at radius 3 is 2.71 bits per heavy atom. The van der Waals surface area contributed by atoms with Crippen LogP contribution < -0.4 is 10.0 Å². The quantitative estimate of drug-likeness (QED) is 0.726. The van der Waals surface area contributed by atoms with Gasteiger partial charge in [0.1, 0.15) is 10.7 Å². The topological polar surface area (TPSA) is 67.4 Å². The third kappa shape index (κ3) is 5.70. The molecule has 1 aromatic rings. The molecule has 0 heterocycles. The lowest BCUT2D eigenvalue weighted by Crippen LogP contribution is -2.34. The second-order valence-electron chi connectivity index (χ2n) is 4.85. The first kappa shape index (κ1) is 18.0. The maximum Gasteiger partial charge on any atom is 0.243 e. The Balaban J connectivity index is 2.90. The molecule has 7 heteroatoms. The van der Waals surface area contributed by atoms with E-state index in [0.717, 1.165) is 12.1 Å². The van der Waals surface area contributed by atoms with Gasteiger partial charge >= 0.3 is 0 Å². The Bertz CT molecular complexity index is 549. The molecular formula is C14H23FN2O3S. The highest BCUT2D eigenvalue weighted by Crippen LogP contribution is 2.17. The van der Waals surface area contributed by atoms with E-state index < -0.39 is 15.8 Å². The van der Waals surface area contributed by atoms with Crippen LogP contribution in [0.3, 0.4) is 0 Å². The molecule has 1 unspecified atom stereocenters.